The summed E-state index contributed by atoms with van der Waals surface area (Å²) in [7, 11) is 0. The Balaban J connectivity index is 0.00000243. The summed E-state index contributed by atoms with van der Waals surface area (Å²) >= 11 is 1.39. The van der Waals surface area contributed by atoms with Gasteiger partial charge in [0.1, 0.15) is 0 Å². The van der Waals surface area contributed by atoms with E-state index in [0.29, 0.717) is 11.6 Å². The highest BCUT2D eigenvalue weighted by Crippen LogP contribution is 2.25. The van der Waals surface area contributed by atoms with Crippen molar-refractivity contribution in [1.29, 1.82) is 0 Å². The number of rotatable bonds is 6. The molecule has 2 amide bonds. The third kappa shape index (κ3) is 5.26. The number of nitrogens with two attached hydrogens (primary N) is 1. The number of thiazole rings is 1. The van der Waals surface area contributed by atoms with Crippen molar-refractivity contribution in [1.82, 2.24) is 10.3 Å². The zero-order chi connectivity index (χ0) is 17.6. The quantitative estimate of drug-likeness (QED) is 0.500. The second-order valence-corrected chi connectivity index (χ2v) is 6.58. The number of hydrogen-bond acceptors (Lipinski definition) is 5. The minimum Gasteiger partial charge on any atom is -1.00 e. The van der Waals surface area contributed by atoms with Crippen LogP contribution in [0.5, 0.6) is 0 Å². The normalized spacial score (nSPS) is 11.4. The number of aromatic nitrogens is 1. The van der Waals surface area contributed by atoms with Crippen LogP contribution < -0.4 is 28.8 Å². The molecule has 3 rings (SSSR count). The van der Waals surface area contributed by atoms with Gasteiger partial charge in [0.2, 0.25) is 11.8 Å². The molecule has 0 radical (unpaired) electrons. The average Bonchev–Trinajstić information content (AvgIpc) is 3.02. The van der Waals surface area contributed by atoms with Crippen LogP contribution in [0.3, 0.4) is 0 Å². The van der Waals surface area contributed by atoms with Gasteiger partial charge in [-0.2, -0.15) is 0 Å². The van der Waals surface area contributed by atoms with Gasteiger partial charge < -0.3 is 28.8 Å². The number of benzene rings is 2. The van der Waals surface area contributed by atoms with E-state index in [2.05, 4.69) is 15.6 Å². The number of carbonyl (C=O) groups excluding carboxylic acids is 2. The van der Waals surface area contributed by atoms with Gasteiger partial charge in [0.25, 0.3) is 0 Å². The monoisotopic (exact) mass is 389 g/mol. The van der Waals surface area contributed by atoms with Gasteiger partial charge in [0.05, 0.1) is 22.8 Å². The van der Waals surface area contributed by atoms with Crippen LogP contribution in [0.1, 0.15) is 5.56 Å². The molecular formula is C18H18ClN4O2S-. The smallest absolute Gasteiger partial charge is 0.245 e. The lowest BCUT2D eigenvalue weighted by Crippen LogP contribution is -3.00. The molecule has 8 heteroatoms. The van der Waals surface area contributed by atoms with Crippen molar-refractivity contribution in [2.75, 3.05) is 11.9 Å². The van der Waals surface area contributed by atoms with Crippen LogP contribution in [-0.2, 0) is 16.0 Å². The zero-order valence-electron chi connectivity index (χ0n) is 13.8. The van der Waals surface area contributed by atoms with E-state index in [1.807, 2.05) is 54.6 Å². The zero-order valence-corrected chi connectivity index (χ0v) is 15.4. The molecule has 2 aromatic carbocycles. The molecule has 0 aliphatic heterocycles. The highest BCUT2D eigenvalue weighted by Gasteiger charge is 2.15. The van der Waals surface area contributed by atoms with Gasteiger partial charge in [0.15, 0.2) is 5.13 Å². The maximum Gasteiger partial charge on any atom is 0.245 e. The third-order valence-corrected chi connectivity index (χ3v) is 4.55. The Labute approximate surface area is 161 Å². The maximum atomic E-state index is 12.0. The summed E-state index contributed by atoms with van der Waals surface area (Å²) < 4.78 is 0.992. The first-order valence-electron chi connectivity index (χ1n) is 7.84. The first kappa shape index (κ1) is 19.8. The summed E-state index contributed by atoms with van der Waals surface area (Å²) in [4.78, 5) is 28.3. The standard InChI is InChI=1S/C18H18N4O2S.ClH/c19-13(10-12-6-2-1-3-7-12)17(24)20-11-16(23)22-18-21-14-8-4-5-9-15(14)25-18;/h1-9,13H,10-11,19H2,(H,20,24)(H,21,22,23);1H/p-1/t13-;/m0./s1. The molecule has 0 aliphatic carbocycles. The molecule has 0 fully saturated rings. The number of anilines is 1. The van der Waals surface area contributed by atoms with Gasteiger partial charge in [-0.05, 0) is 24.1 Å². The molecule has 136 valence electrons. The van der Waals surface area contributed by atoms with Crippen LogP contribution in [0.15, 0.2) is 54.6 Å². The fraction of sp³-hybridized carbons (Fsp3) is 0.167. The Morgan fingerprint density at radius 2 is 1.77 bits per heavy atom. The lowest BCUT2D eigenvalue weighted by molar-refractivity contribution is -0.125. The maximum absolute atomic E-state index is 12.0. The van der Waals surface area contributed by atoms with Gasteiger partial charge in [-0.25, -0.2) is 4.98 Å². The molecule has 0 aliphatic rings. The first-order chi connectivity index (χ1) is 12.1. The van der Waals surface area contributed by atoms with Gasteiger partial charge in [-0.1, -0.05) is 53.8 Å². The Morgan fingerprint density at radius 1 is 1.08 bits per heavy atom. The summed E-state index contributed by atoms with van der Waals surface area (Å²) in [5.74, 6) is -0.692. The summed E-state index contributed by atoms with van der Waals surface area (Å²) in [5, 5.41) is 5.75. The van der Waals surface area contributed by atoms with E-state index >= 15 is 0 Å². The molecule has 0 saturated carbocycles. The number of fused-ring (bicyclic) bond motifs is 1. The number of nitrogens with one attached hydrogen (secondary N) is 2. The van der Waals surface area contributed by atoms with E-state index in [-0.39, 0.29) is 30.8 Å². The summed E-state index contributed by atoms with van der Waals surface area (Å²) in [6, 6.07) is 16.4. The average molecular weight is 390 g/mol. The van der Waals surface area contributed by atoms with Crippen molar-refractivity contribution in [3.05, 3.63) is 60.2 Å². The van der Waals surface area contributed by atoms with E-state index < -0.39 is 6.04 Å². The third-order valence-electron chi connectivity index (χ3n) is 3.60. The van der Waals surface area contributed by atoms with Crippen LogP contribution in [0, 0.1) is 0 Å². The van der Waals surface area contributed by atoms with Crippen LogP contribution in [0.4, 0.5) is 5.13 Å². The molecule has 0 bridgehead atoms. The summed E-state index contributed by atoms with van der Waals surface area (Å²) in [6.07, 6.45) is 0.423. The van der Waals surface area contributed by atoms with E-state index in [0.717, 1.165) is 15.8 Å². The van der Waals surface area contributed by atoms with E-state index in [9.17, 15) is 9.59 Å². The largest absolute Gasteiger partial charge is 1.00 e. The molecule has 0 spiro atoms. The van der Waals surface area contributed by atoms with Gasteiger partial charge in [-0.3, -0.25) is 9.59 Å². The Morgan fingerprint density at radius 3 is 2.50 bits per heavy atom. The van der Waals surface area contributed by atoms with E-state index in [4.69, 9.17) is 5.73 Å². The Bertz CT molecular complexity index is 852. The predicted octanol–water partition coefficient (Wildman–Crippen LogP) is -1.07. The second-order valence-electron chi connectivity index (χ2n) is 5.55. The molecular weight excluding hydrogens is 372 g/mol. The molecule has 26 heavy (non-hydrogen) atoms. The van der Waals surface area contributed by atoms with Crippen molar-refractivity contribution in [3.8, 4) is 0 Å². The molecule has 1 aromatic heterocycles. The lowest BCUT2D eigenvalue weighted by Gasteiger charge is -2.12. The molecule has 1 heterocycles. The van der Waals surface area contributed by atoms with Gasteiger partial charge >= 0.3 is 0 Å². The number of para-hydroxylation sites is 1. The number of carbonyl (C=O) groups is 2. The van der Waals surface area contributed by atoms with Crippen molar-refractivity contribution in [2.24, 2.45) is 5.73 Å². The fourth-order valence-electron chi connectivity index (χ4n) is 2.35. The van der Waals surface area contributed by atoms with E-state index in [1.165, 1.54) is 11.3 Å². The number of hydrogen-bond donors (Lipinski definition) is 3. The lowest BCUT2D eigenvalue weighted by atomic mass is 10.1. The molecule has 0 unspecified atom stereocenters. The minimum atomic E-state index is -0.697. The van der Waals surface area contributed by atoms with Gasteiger partial charge in [0, 0.05) is 0 Å². The number of nitrogens with zero attached hydrogens (tertiary/aromatic N) is 1. The molecule has 6 nitrogen and oxygen atoms in total. The van der Waals surface area contributed by atoms with Crippen molar-refractivity contribution < 1.29 is 22.0 Å². The SMILES string of the molecule is N[C@@H](Cc1ccccc1)C(=O)NCC(=O)Nc1nc2ccccc2s1.[Cl-]. The van der Waals surface area contributed by atoms with Crippen LogP contribution in [-0.4, -0.2) is 29.4 Å². The Kier molecular flexibility index (Phi) is 7.08. The molecule has 3 aromatic rings. The van der Waals surface area contributed by atoms with Crippen LogP contribution >= 0.6 is 11.3 Å². The van der Waals surface area contributed by atoms with Crippen molar-refractivity contribution >= 4 is 38.5 Å². The molecule has 0 saturated heterocycles. The minimum absolute atomic E-state index is 0. The highest BCUT2D eigenvalue weighted by atomic mass is 35.5. The van der Waals surface area contributed by atoms with Crippen molar-refractivity contribution in [3.63, 3.8) is 0 Å². The summed E-state index contributed by atoms with van der Waals surface area (Å²) in [6.45, 7) is -0.142. The first-order valence-corrected chi connectivity index (χ1v) is 8.66. The highest BCUT2D eigenvalue weighted by molar-refractivity contribution is 7.22. The second kappa shape index (κ2) is 9.28. The fourth-order valence-corrected chi connectivity index (χ4v) is 3.23. The molecule has 1 atom stereocenters. The van der Waals surface area contributed by atoms with Crippen LogP contribution in [0.2, 0.25) is 0 Å². The van der Waals surface area contributed by atoms with E-state index in [1.54, 1.807) is 0 Å². The number of halogens is 1. The van der Waals surface area contributed by atoms with Crippen molar-refractivity contribution in [2.45, 2.75) is 12.5 Å². The summed E-state index contributed by atoms with van der Waals surface area (Å²) in [5.41, 5.74) is 7.69. The topological polar surface area (TPSA) is 97.1 Å². The molecule has 4 N–H and O–H groups in total. The Hall–Kier alpha value is -2.48. The van der Waals surface area contributed by atoms with Gasteiger partial charge in [-0.15, -0.1) is 0 Å². The number of amides is 2. The van der Waals surface area contributed by atoms with Crippen LogP contribution in [0.25, 0.3) is 10.2 Å². The predicted molar refractivity (Wildman–Crippen MR) is 99.4 cm³/mol.